The summed E-state index contributed by atoms with van der Waals surface area (Å²) in [5, 5.41) is 0.452. The van der Waals surface area contributed by atoms with Crippen LogP contribution >= 0.6 is 24.2 Å². The molecule has 0 saturated heterocycles. The molecule has 0 aromatic heterocycles. The number of hydrogen-bond donors (Lipinski definition) is 1. The number of thiol groups is 1. The van der Waals surface area contributed by atoms with Gasteiger partial charge in [0, 0.05) is 24.6 Å². The van der Waals surface area contributed by atoms with Crippen molar-refractivity contribution in [2.75, 3.05) is 20.3 Å². The van der Waals surface area contributed by atoms with Gasteiger partial charge in [-0.3, -0.25) is 4.79 Å². The molecule has 0 saturated carbocycles. The molecule has 3 nitrogen and oxygen atoms in total. The number of carbonyl (C=O) groups is 1. The Bertz CT molecular complexity index is 439. The Kier molecular flexibility index (Phi) is 6.69. The molecule has 1 rings (SSSR count). The lowest BCUT2D eigenvalue weighted by molar-refractivity contribution is 0.0614. The van der Waals surface area contributed by atoms with Gasteiger partial charge < -0.3 is 9.64 Å². The summed E-state index contributed by atoms with van der Waals surface area (Å²) in [6.07, 6.45) is 0.883. The predicted octanol–water partition coefficient (Wildman–Crippen LogP) is 3.52. The Morgan fingerprint density at radius 2 is 2.21 bits per heavy atom. The quantitative estimate of drug-likeness (QED) is 0.815. The van der Waals surface area contributed by atoms with E-state index in [1.54, 1.807) is 30.2 Å². The maximum atomic E-state index is 12.6. The molecule has 0 fully saturated rings. The second-order valence-electron chi connectivity index (χ2n) is 4.41. The second kappa shape index (κ2) is 7.78. The van der Waals surface area contributed by atoms with Gasteiger partial charge in [0.15, 0.2) is 0 Å². The number of benzene rings is 1. The predicted molar refractivity (Wildman–Crippen MR) is 81.4 cm³/mol. The maximum Gasteiger partial charge on any atom is 0.255 e. The van der Waals surface area contributed by atoms with Crippen LogP contribution in [0.2, 0.25) is 5.02 Å². The Morgan fingerprint density at radius 1 is 1.53 bits per heavy atom. The van der Waals surface area contributed by atoms with Gasteiger partial charge in [-0.2, -0.15) is 0 Å². The van der Waals surface area contributed by atoms with E-state index in [1.807, 2.05) is 13.8 Å². The van der Waals surface area contributed by atoms with E-state index in [0.29, 0.717) is 23.7 Å². The Labute approximate surface area is 125 Å². The molecule has 0 N–H and O–H groups in total. The fourth-order valence-corrected chi connectivity index (χ4v) is 2.17. The third-order valence-corrected chi connectivity index (χ3v) is 3.71. The fraction of sp³-hybridized carbons (Fsp3) is 0.500. The van der Waals surface area contributed by atoms with Crippen molar-refractivity contribution in [3.63, 3.8) is 0 Å². The Balaban J connectivity index is 3.00. The molecule has 1 aromatic carbocycles. The van der Waals surface area contributed by atoms with Gasteiger partial charge >= 0.3 is 0 Å². The lowest BCUT2D eigenvalue weighted by Crippen LogP contribution is -2.40. The van der Waals surface area contributed by atoms with Crippen molar-refractivity contribution in [2.45, 2.75) is 31.2 Å². The normalized spacial score (nSPS) is 12.3. The summed E-state index contributed by atoms with van der Waals surface area (Å²) in [5.41, 5.74) is 0.491. The average molecular weight is 302 g/mol. The highest BCUT2D eigenvalue weighted by Crippen LogP contribution is 2.22. The molecular formula is C14H20ClNO2S. The van der Waals surface area contributed by atoms with Crippen molar-refractivity contribution >= 4 is 30.1 Å². The Morgan fingerprint density at radius 3 is 2.79 bits per heavy atom. The summed E-state index contributed by atoms with van der Waals surface area (Å²) in [6, 6.07) is 5.31. The standard InChI is InChI=1S/C14H20ClNO2S/c1-4-10(2)16(7-8-18-3)14(17)12-9-11(19)5-6-13(12)15/h5-6,9-10,19H,4,7-8H2,1-3H3. The van der Waals surface area contributed by atoms with Crippen LogP contribution in [0.4, 0.5) is 0 Å². The lowest BCUT2D eigenvalue weighted by atomic mass is 10.1. The van der Waals surface area contributed by atoms with Crippen LogP contribution in [0, 0.1) is 0 Å². The highest BCUT2D eigenvalue weighted by Gasteiger charge is 2.22. The first-order valence-corrected chi connectivity index (χ1v) is 7.12. The SMILES string of the molecule is CCC(C)N(CCOC)C(=O)c1cc(S)ccc1Cl. The second-order valence-corrected chi connectivity index (χ2v) is 5.34. The van der Waals surface area contributed by atoms with E-state index < -0.39 is 0 Å². The molecule has 0 bridgehead atoms. The third-order valence-electron chi connectivity index (χ3n) is 3.10. The fourth-order valence-electron chi connectivity index (χ4n) is 1.76. The highest BCUT2D eigenvalue weighted by molar-refractivity contribution is 7.80. The third kappa shape index (κ3) is 4.41. The van der Waals surface area contributed by atoms with Crippen LogP contribution in [0.1, 0.15) is 30.6 Å². The van der Waals surface area contributed by atoms with Crippen LogP contribution in [0.25, 0.3) is 0 Å². The van der Waals surface area contributed by atoms with Crippen LogP contribution in [-0.4, -0.2) is 37.1 Å². The summed E-state index contributed by atoms with van der Waals surface area (Å²) in [6.45, 7) is 5.13. The Hall–Kier alpha value is -0.710. The molecule has 5 heteroatoms. The van der Waals surface area contributed by atoms with Crippen LogP contribution in [0.3, 0.4) is 0 Å². The van der Waals surface area contributed by atoms with E-state index in [0.717, 1.165) is 11.3 Å². The zero-order valence-electron chi connectivity index (χ0n) is 11.5. The van der Waals surface area contributed by atoms with Crippen molar-refractivity contribution in [3.05, 3.63) is 28.8 Å². The number of ether oxygens (including phenoxy) is 1. The molecule has 0 aliphatic carbocycles. The molecule has 1 amide bonds. The highest BCUT2D eigenvalue weighted by atomic mass is 35.5. The van der Waals surface area contributed by atoms with Crippen LogP contribution in [0.5, 0.6) is 0 Å². The molecule has 0 aliphatic rings. The first-order valence-electron chi connectivity index (χ1n) is 6.29. The molecule has 0 spiro atoms. The zero-order valence-corrected chi connectivity index (χ0v) is 13.2. The number of hydrogen-bond acceptors (Lipinski definition) is 3. The van der Waals surface area contributed by atoms with Gasteiger partial charge in [0.2, 0.25) is 0 Å². The minimum Gasteiger partial charge on any atom is -0.383 e. The summed E-state index contributed by atoms with van der Waals surface area (Å²) >= 11 is 10.4. The summed E-state index contributed by atoms with van der Waals surface area (Å²) in [5.74, 6) is -0.0766. The molecule has 0 radical (unpaired) electrons. The van der Waals surface area contributed by atoms with Crippen molar-refractivity contribution < 1.29 is 9.53 Å². The number of nitrogens with zero attached hydrogens (tertiary/aromatic N) is 1. The van der Waals surface area contributed by atoms with Crippen LogP contribution in [0.15, 0.2) is 23.1 Å². The van der Waals surface area contributed by atoms with Crippen molar-refractivity contribution in [1.29, 1.82) is 0 Å². The van der Waals surface area contributed by atoms with Crippen molar-refractivity contribution in [2.24, 2.45) is 0 Å². The monoisotopic (exact) mass is 301 g/mol. The van der Waals surface area contributed by atoms with Gasteiger partial charge in [0.1, 0.15) is 0 Å². The molecule has 106 valence electrons. The van der Waals surface area contributed by atoms with E-state index in [4.69, 9.17) is 16.3 Å². The molecular weight excluding hydrogens is 282 g/mol. The number of halogens is 1. The van der Waals surface area contributed by atoms with Gasteiger partial charge in [0.25, 0.3) is 5.91 Å². The number of carbonyl (C=O) groups excluding carboxylic acids is 1. The minimum absolute atomic E-state index is 0.0766. The molecule has 1 unspecified atom stereocenters. The molecule has 0 aliphatic heterocycles. The van der Waals surface area contributed by atoms with Crippen LogP contribution < -0.4 is 0 Å². The van der Waals surface area contributed by atoms with Crippen molar-refractivity contribution in [1.82, 2.24) is 4.90 Å². The van der Waals surface area contributed by atoms with Gasteiger partial charge in [-0.25, -0.2) is 0 Å². The van der Waals surface area contributed by atoms with E-state index in [2.05, 4.69) is 12.6 Å². The van der Waals surface area contributed by atoms with Crippen molar-refractivity contribution in [3.8, 4) is 0 Å². The van der Waals surface area contributed by atoms with Gasteiger partial charge in [-0.15, -0.1) is 12.6 Å². The maximum absolute atomic E-state index is 12.6. The van der Waals surface area contributed by atoms with Crippen LogP contribution in [-0.2, 0) is 4.74 Å². The number of amides is 1. The largest absolute Gasteiger partial charge is 0.383 e. The lowest BCUT2D eigenvalue weighted by Gasteiger charge is -2.28. The smallest absolute Gasteiger partial charge is 0.255 e. The molecule has 1 atom stereocenters. The van der Waals surface area contributed by atoms with E-state index in [9.17, 15) is 4.79 Å². The van der Waals surface area contributed by atoms with Gasteiger partial charge in [-0.1, -0.05) is 18.5 Å². The zero-order chi connectivity index (χ0) is 14.4. The van der Waals surface area contributed by atoms with E-state index >= 15 is 0 Å². The molecule has 1 aromatic rings. The van der Waals surface area contributed by atoms with Gasteiger partial charge in [-0.05, 0) is 31.5 Å². The number of rotatable bonds is 6. The van der Waals surface area contributed by atoms with E-state index in [-0.39, 0.29) is 11.9 Å². The minimum atomic E-state index is -0.0766. The summed E-state index contributed by atoms with van der Waals surface area (Å²) < 4.78 is 5.07. The summed E-state index contributed by atoms with van der Waals surface area (Å²) in [7, 11) is 1.63. The molecule has 19 heavy (non-hydrogen) atoms. The molecule has 0 heterocycles. The van der Waals surface area contributed by atoms with E-state index in [1.165, 1.54) is 0 Å². The average Bonchev–Trinajstić information content (AvgIpc) is 2.41. The summed E-state index contributed by atoms with van der Waals surface area (Å²) in [4.78, 5) is 15.1. The first-order chi connectivity index (χ1) is 9.01. The number of methoxy groups -OCH3 is 1. The first kappa shape index (κ1) is 16.3. The topological polar surface area (TPSA) is 29.5 Å². The van der Waals surface area contributed by atoms with Gasteiger partial charge in [0.05, 0.1) is 17.2 Å².